The molecule has 0 spiro atoms. The number of aliphatic hydroxyl groups excluding tert-OH is 1. The molecule has 2 aromatic carbocycles. The number of likely N-dealkylation sites (tertiary alicyclic amines) is 1. The average Bonchev–Trinajstić information content (AvgIpc) is 3.31. The molecule has 1 saturated heterocycles. The first kappa shape index (κ1) is 23.3. The fourth-order valence-corrected chi connectivity index (χ4v) is 5.45. The Morgan fingerprint density at radius 1 is 1.12 bits per heavy atom. The number of ketones is 1. The maximum Gasteiger partial charge on any atom is 0.293 e. The van der Waals surface area contributed by atoms with Crippen LogP contribution in [-0.2, 0) is 4.79 Å². The zero-order valence-electron chi connectivity index (χ0n) is 18.7. The van der Waals surface area contributed by atoms with E-state index in [0.717, 1.165) is 54.6 Å². The molecule has 1 amide bonds. The Bertz CT molecular complexity index is 1190. The molecule has 2 atom stereocenters. The lowest BCUT2D eigenvalue weighted by Gasteiger charge is -2.28. The van der Waals surface area contributed by atoms with Crippen molar-refractivity contribution in [2.75, 3.05) is 19.6 Å². The summed E-state index contributed by atoms with van der Waals surface area (Å²) in [5.74, 6) is -0.544. The molecule has 0 unspecified atom stereocenters. The summed E-state index contributed by atoms with van der Waals surface area (Å²) < 4.78 is 6.69. The van der Waals surface area contributed by atoms with Crippen LogP contribution in [0.15, 0.2) is 48.5 Å². The van der Waals surface area contributed by atoms with Crippen LogP contribution >= 0.6 is 22.9 Å². The van der Waals surface area contributed by atoms with Gasteiger partial charge in [0.05, 0.1) is 17.0 Å². The molecule has 2 aliphatic rings. The summed E-state index contributed by atoms with van der Waals surface area (Å²) in [6, 6.07) is 13.8. The van der Waals surface area contributed by atoms with Crippen molar-refractivity contribution in [2.24, 2.45) is 0 Å². The zero-order chi connectivity index (χ0) is 23.7. The van der Waals surface area contributed by atoms with Crippen LogP contribution in [0.2, 0.25) is 5.02 Å². The maximum absolute atomic E-state index is 13.0. The van der Waals surface area contributed by atoms with E-state index in [9.17, 15) is 14.7 Å². The molecular formula is C26H27ClN2O4S. The highest BCUT2D eigenvalue weighted by Crippen LogP contribution is 2.30. The van der Waals surface area contributed by atoms with Crippen molar-refractivity contribution < 1.29 is 19.4 Å². The van der Waals surface area contributed by atoms with Crippen LogP contribution in [0.4, 0.5) is 0 Å². The number of nitrogens with one attached hydrogen (secondary N) is 1. The van der Waals surface area contributed by atoms with Gasteiger partial charge in [0, 0.05) is 16.3 Å². The van der Waals surface area contributed by atoms with Crippen molar-refractivity contribution in [3.05, 3.63) is 64.0 Å². The second-order valence-corrected chi connectivity index (χ2v) is 10.6. The van der Waals surface area contributed by atoms with Crippen molar-refractivity contribution in [1.29, 1.82) is 0 Å². The predicted molar refractivity (Wildman–Crippen MR) is 134 cm³/mol. The predicted octanol–water partition coefficient (Wildman–Crippen LogP) is 4.59. The Kier molecular flexibility index (Phi) is 6.88. The first-order valence-electron chi connectivity index (χ1n) is 11.7. The lowest BCUT2D eigenvalue weighted by molar-refractivity contribution is -0.118. The second kappa shape index (κ2) is 10.0. The van der Waals surface area contributed by atoms with E-state index in [4.69, 9.17) is 16.3 Å². The van der Waals surface area contributed by atoms with Gasteiger partial charge in [-0.25, -0.2) is 0 Å². The molecule has 1 aromatic heterocycles. The number of fused-ring (bicyclic) bond motifs is 1. The van der Waals surface area contributed by atoms with Gasteiger partial charge in [-0.05, 0) is 86.1 Å². The van der Waals surface area contributed by atoms with Crippen LogP contribution in [-0.4, -0.2) is 53.5 Å². The Balaban J connectivity index is 1.31. The molecule has 2 N–H and O–H groups in total. The Morgan fingerprint density at radius 3 is 2.56 bits per heavy atom. The number of rotatable bonds is 9. The number of halogens is 1. The molecule has 5 rings (SSSR count). The summed E-state index contributed by atoms with van der Waals surface area (Å²) in [5.41, 5.74) is 0.677. The molecule has 2 fully saturated rings. The van der Waals surface area contributed by atoms with Crippen molar-refractivity contribution in [3.63, 3.8) is 0 Å². The zero-order valence-corrected chi connectivity index (χ0v) is 20.3. The molecule has 8 heteroatoms. The van der Waals surface area contributed by atoms with E-state index < -0.39 is 23.8 Å². The smallest absolute Gasteiger partial charge is 0.293 e. The van der Waals surface area contributed by atoms with Crippen LogP contribution in [0, 0.1) is 0 Å². The quantitative estimate of drug-likeness (QED) is 0.333. The highest BCUT2D eigenvalue weighted by Gasteiger charge is 2.30. The number of carbonyl (C=O) groups excluding carboxylic acids is 2. The van der Waals surface area contributed by atoms with Gasteiger partial charge in [-0.1, -0.05) is 23.7 Å². The molecule has 6 nitrogen and oxygen atoms in total. The summed E-state index contributed by atoms with van der Waals surface area (Å²) in [7, 11) is 0. The molecule has 3 aromatic rings. The van der Waals surface area contributed by atoms with Crippen molar-refractivity contribution >= 4 is 44.7 Å². The number of hydrogen-bond acceptors (Lipinski definition) is 6. The number of ether oxygens (including phenoxy) is 1. The molecule has 1 aliphatic carbocycles. The lowest BCUT2D eigenvalue weighted by atomic mass is 10.0. The van der Waals surface area contributed by atoms with Gasteiger partial charge in [-0.15, -0.1) is 11.3 Å². The Labute approximate surface area is 207 Å². The van der Waals surface area contributed by atoms with Gasteiger partial charge >= 0.3 is 0 Å². The van der Waals surface area contributed by atoms with E-state index >= 15 is 0 Å². The molecule has 2 heterocycles. The minimum Gasteiger partial charge on any atom is -0.490 e. The Morgan fingerprint density at radius 2 is 1.85 bits per heavy atom. The van der Waals surface area contributed by atoms with E-state index in [-0.39, 0.29) is 0 Å². The number of benzene rings is 2. The number of nitrogens with zero attached hydrogens (tertiary/aromatic N) is 1. The van der Waals surface area contributed by atoms with Gasteiger partial charge in [-0.3, -0.25) is 9.59 Å². The standard InChI is InChI=1S/C26H27ClN2O4S/c27-18-5-10-22-17(13-18)14-23(34-22)25(31)26(32)28-21(15-29-11-1-2-12-29)24(30)16-3-6-19(7-4-16)33-20-8-9-20/h3-7,10,13-14,20-21,24,30H,1-2,8-9,11-12,15H2,(H,28,32)/t21-,24-/m1/s1. The number of Topliss-reactive ketones (excluding diaryl/α,β-unsaturated/α-hetero) is 1. The van der Waals surface area contributed by atoms with Crippen LogP contribution in [0.5, 0.6) is 5.75 Å². The summed E-state index contributed by atoms with van der Waals surface area (Å²) in [6.07, 6.45) is 3.69. The highest BCUT2D eigenvalue weighted by molar-refractivity contribution is 7.21. The number of aliphatic hydroxyl groups is 1. The maximum atomic E-state index is 13.0. The number of thiophene rings is 1. The van der Waals surface area contributed by atoms with Crippen molar-refractivity contribution in [2.45, 2.75) is 43.9 Å². The van der Waals surface area contributed by atoms with Crippen LogP contribution in [0.3, 0.4) is 0 Å². The van der Waals surface area contributed by atoms with Gasteiger partial charge < -0.3 is 20.1 Å². The molecule has 0 bridgehead atoms. The van der Waals surface area contributed by atoms with Gasteiger partial charge in [0.15, 0.2) is 0 Å². The molecule has 34 heavy (non-hydrogen) atoms. The van der Waals surface area contributed by atoms with E-state index in [1.165, 1.54) is 11.3 Å². The normalized spacial score (nSPS) is 18.1. The van der Waals surface area contributed by atoms with Gasteiger partial charge in [0.25, 0.3) is 11.7 Å². The average molecular weight is 499 g/mol. The minimum atomic E-state index is -0.950. The third-order valence-corrected chi connectivity index (χ3v) is 7.66. The molecule has 1 aliphatic heterocycles. The first-order valence-corrected chi connectivity index (χ1v) is 12.9. The fourth-order valence-electron chi connectivity index (χ4n) is 4.29. The minimum absolute atomic E-state index is 0.300. The highest BCUT2D eigenvalue weighted by atomic mass is 35.5. The summed E-state index contributed by atoms with van der Waals surface area (Å²) in [6.45, 7) is 2.30. The monoisotopic (exact) mass is 498 g/mol. The van der Waals surface area contributed by atoms with Crippen molar-refractivity contribution in [1.82, 2.24) is 10.2 Å². The number of amides is 1. The first-order chi connectivity index (χ1) is 16.5. The van der Waals surface area contributed by atoms with E-state index in [0.29, 0.717) is 28.1 Å². The van der Waals surface area contributed by atoms with E-state index in [1.807, 2.05) is 30.3 Å². The van der Waals surface area contributed by atoms with E-state index in [1.54, 1.807) is 18.2 Å². The summed E-state index contributed by atoms with van der Waals surface area (Å²) in [5, 5.41) is 15.4. The summed E-state index contributed by atoms with van der Waals surface area (Å²) in [4.78, 5) is 28.5. The van der Waals surface area contributed by atoms with E-state index in [2.05, 4.69) is 10.2 Å². The molecule has 178 valence electrons. The van der Waals surface area contributed by atoms with Gasteiger partial charge in [-0.2, -0.15) is 0 Å². The number of hydrogen-bond donors (Lipinski definition) is 2. The third-order valence-electron chi connectivity index (χ3n) is 6.31. The molecule has 0 radical (unpaired) electrons. The third kappa shape index (κ3) is 5.44. The Hall–Kier alpha value is -2.45. The van der Waals surface area contributed by atoms with Crippen LogP contribution in [0.1, 0.15) is 47.0 Å². The second-order valence-electron chi connectivity index (χ2n) is 9.04. The topological polar surface area (TPSA) is 78.9 Å². The van der Waals surface area contributed by atoms with Gasteiger partial charge in [0.2, 0.25) is 0 Å². The lowest BCUT2D eigenvalue weighted by Crippen LogP contribution is -2.48. The SMILES string of the molecule is O=C(N[C@H](CN1CCCC1)[C@H](O)c1ccc(OC2CC2)cc1)C(=O)c1cc2cc(Cl)ccc2s1. The summed E-state index contributed by atoms with van der Waals surface area (Å²) >= 11 is 7.31. The number of carbonyl (C=O) groups is 2. The molecule has 1 saturated carbocycles. The van der Waals surface area contributed by atoms with Crippen LogP contribution < -0.4 is 10.1 Å². The fraction of sp³-hybridized carbons (Fsp3) is 0.385. The van der Waals surface area contributed by atoms with Crippen LogP contribution in [0.25, 0.3) is 10.1 Å². The van der Waals surface area contributed by atoms with Crippen molar-refractivity contribution in [3.8, 4) is 5.75 Å². The molecular weight excluding hydrogens is 472 g/mol. The van der Waals surface area contributed by atoms with Gasteiger partial charge in [0.1, 0.15) is 11.9 Å². The largest absolute Gasteiger partial charge is 0.490 e.